The molecule has 0 saturated carbocycles. The Hall–Kier alpha value is -0.660. The van der Waals surface area contributed by atoms with Gasteiger partial charge in [0.2, 0.25) is 0 Å². The van der Waals surface area contributed by atoms with Crippen molar-refractivity contribution in [2.24, 2.45) is 5.92 Å². The van der Waals surface area contributed by atoms with E-state index >= 15 is 0 Å². The SMILES string of the molecule is CC(C)Cn1c(C2CCCO2)nnc1S(=O)(=O)Cl. The molecule has 18 heavy (non-hydrogen) atoms. The summed E-state index contributed by atoms with van der Waals surface area (Å²) in [5.41, 5.74) is 0. The Balaban J connectivity index is 2.43. The van der Waals surface area contributed by atoms with Crippen molar-refractivity contribution in [3.05, 3.63) is 5.82 Å². The lowest BCUT2D eigenvalue weighted by Gasteiger charge is -2.14. The van der Waals surface area contributed by atoms with Crippen LogP contribution >= 0.6 is 10.7 Å². The van der Waals surface area contributed by atoms with Gasteiger partial charge in [-0.1, -0.05) is 13.8 Å². The fourth-order valence-electron chi connectivity index (χ4n) is 2.04. The maximum absolute atomic E-state index is 11.5. The number of halogens is 1. The average molecular weight is 294 g/mol. The van der Waals surface area contributed by atoms with E-state index in [0.29, 0.717) is 19.0 Å². The molecule has 1 saturated heterocycles. The van der Waals surface area contributed by atoms with Gasteiger partial charge in [0.25, 0.3) is 14.2 Å². The summed E-state index contributed by atoms with van der Waals surface area (Å²) >= 11 is 0. The van der Waals surface area contributed by atoms with Gasteiger partial charge >= 0.3 is 0 Å². The predicted molar refractivity (Wildman–Crippen MR) is 65.8 cm³/mol. The molecule has 0 aromatic carbocycles. The molecule has 1 fully saturated rings. The molecule has 1 atom stereocenters. The van der Waals surface area contributed by atoms with Gasteiger partial charge in [0.1, 0.15) is 6.10 Å². The fourth-order valence-corrected chi connectivity index (χ4v) is 2.95. The van der Waals surface area contributed by atoms with Crippen molar-refractivity contribution in [1.29, 1.82) is 0 Å². The number of hydrogen-bond donors (Lipinski definition) is 0. The van der Waals surface area contributed by atoms with E-state index in [-0.39, 0.29) is 17.2 Å². The largest absolute Gasteiger partial charge is 0.370 e. The third kappa shape index (κ3) is 2.84. The second-order valence-corrected chi connectivity index (χ2v) is 7.24. The Bertz CT molecular complexity index is 520. The van der Waals surface area contributed by atoms with Crippen LogP contribution in [0.5, 0.6) is 0 Å². The van der Waals surface area contributed by atoms with E-state index in [1.165, 1.54) is 0 Å². The topological polar surface area (TPSA) is 74.1 Å². The van der Waals surface area contributed by atoms with E-state index in [0.717, 1.165) is 12.8 Å². The lowest BCUT2D eigenvalue weighted by Crippen LogP contribution is -2.15. The lowest BCUT2D eigenvalue weighted by molar-refractivity contribution is 0.100. The van der Waals surface area contributed by atoms with Crippen molar-refractivity contribution < 1.29 is 13.2 Å². The first-order chi connectivity index (χ1) is 8.39. The molecule has 1 unspecified atom stereocenters. The normalized spacial score (nSPS) is 20.8. The van der Waals surface area contributed by atoms with Crippen molar-refractivity contribution in [3.8, 4) is 0 Å². The van der Waals surface area contributed by atoms with Crippen molar-refractivity contribution in [1.82, 2.24) is 14.8 Å². The lowest BCUT2D eigenvalue weighted by atomic mass is 10.2. The van der Waals surface area contributed by atoms with Crippen LogP contribution in [0.1, 0.15) is 38.6 Å². The summed E-state index contributed by atoms with van der Waals surface area (Å²) < 4.78 is 30.0. The van der Waals surface area contributed by atoms with Gasteiger partial charge < -0.3 is 4.74 Å². The van der Waals surface area contributed by atoms with Gasteiger partial charge in [-0.2, -0.15) is 0 Å². The van der Waals surface area contributed by atoms with Gasteiger partial charge in [-0.05, 0) is 18.8 Å². The van der Waals surface area contributed by atoms with Crippen LogP contribution in [-0.4, -0.2) is 29.8 Å². The monoisotopic (exact) mass is 293 g/mol. The Morgan fingerprint density at radius 3 is 2.72 bits per heavy atom. The number of ether oxygens (including phenoxy) is 1. The van der Waals surface area contributed by atoms with Crippen LogP contribution in [0.4, 0.5) is 0 Å². The Morgan fingerprint density at radius 1 is 1.50 bits per heavy atom. The molecule has 0 amide bonds. The summed E-state index contributed by atoms with van der Waals surface area (Å²) in [5, 5.41) is 7.45. The highest BCUT2D eigenvalue weighted by molar-refractivity contribution is 8.13. The Morgan fingerprint density at radius 2 is 2.22 bits per heavy atom. The summed E-state index contributed by atoms with van der Waals surface area (Å²) in [4.78, 5) is 0. The molecule has 1 aliphatic heterocycles. The first-order valence-corrected chi connectivity index (χ1v) is 8.20. The number of rotatable bonds is 4. The van der Waals surface area contributed by atoms with Crippen LogP contribution < -0.4 is 0 Å². The standard InChI is InChI=1S/C10H16ClN3O3S/c1-7(2)6-14-9(8-4-3-5-17-8)12-13-10(14)18(11,15)16/h7-8H,3-6H2,1-2H3. The molecule has 8 heteroatoms. The molecule has 0 radical (unpaired) electrons. The van der Waals surface area contributed by atoms with E-state index in [1.807, 2.05) is 13.8 Å². The highest BCUT2D eigenvalue weighted by Crippen LogP contribution is 2.29. The highest BCUT2D eigenvalue weighted by Gasteiger charge is 2.29. The van der Waals surface area contributed by atoms with Crippen molar-refractivity contribution in [2.45, 2.75) is 44.5 Å². The number of nitrogens with zero attached hydrogens (tertiary/aromatic N) is 3. The third-order valence-corrected chi connectivity index (χ3v) is 3.88. The Labute approximate surface area is 111 Å². The maximum atomic E-state index is 11.5. The Kier molecular flexibility index (Phi) is 3.93. The van der Waals surface area contributed by atoms with E-state index in [1.54, 1.807) is 4.57 Å². The van der Waals surface area contributed by atoms with Gasteiger partial charge in [0, 0.05) is 23.8 Å². The van der Waals surface area contributed by atoms with Crippen LogP contribution in [0.3, 0.4) is 0 Å². The molecule has 0 bridgehead atoms. The summed E-state index contributed by atoms with van der Waals surface area (Å²) in [6.07, 6.45) is 1.60. The summed E-state index contributed by atoms with van der Waals surface area (Å²) in [5.74, 6) is 0.818. The zero-order valence-electron chi connectivity index (χ0n) is 10.3. The molecular formula is C10H16ClN3O3S. The molecule has 2 heterocycles. The summed E-state index contributed by atoms with van der Waals surface area (Å²) in [6.45, 7) is 5.15. The van der Waals surface area contributed by atoms with Crippen LogP contribution in [0.25, 0.3) is 0 Å². The molecule has 6 nitrogen and oxygen atoms in total. The van der Waals surface area contributed by atoms with Crippen molar-refractivity contribution in [2.75, 3.05) is 6.61 Å². The molecular weight excluding hydrogens is 278 g/mol. The maximum Gasteiger partial charge on any atom is 0.296 e. The van der Waals surface area contributed by atoms with Gasteiger partial charge in [-0.25, -0.2) is 8.42 Å². The third-order valence-electron chi connectivity index (χ3n) is 2.73. The van der Waals surface area contributed by atoms with Crippen LogP contribution in [0.15, 0.2) is 5.16 Å². The summed E-state index contributed by atoms with van der Waals surface area (Å²) in [6, 6.07) is 0. The first kappa shape index (κ1) is 13.8. The molecule has 102 valence electrons. The second-order valence-electron chi connectivity index (χ2n) is 4.78. The average Bonchev–Trinajstić information content (AvgIpc) is 2.81. The predicted octanol–water partition coefficient (Wildman–Crippen LogP) is 1.71. The molecule has 1 aromatic rings. The zero-order chi connectivity index (χ0) is 13.3. The second kappa shape index (κ2) is 5.14. The first-order valence-electron chi connectivity index (χ1n) is 5.89. The molecule has 0 N–H and O–H groups in total. The van der Waals surface area contributed by atoms with Gasteiger partial charge in [0.05, 0.1) is 0 Å². The zero-order valence-corrected chi connectivity index (χ0v) is 11.9. The van der Waals surface area contributed by atoms with Crippen molar-refractivity contribution >= 4 is 19.7 Å². The van der Waals surface area contributed by atoms with Gasteiger partial charge in [-0.3, -0.25) is 4.57 Å². The molecule has 1 aliphatic rings. The quantitative estimate of drug-likeness (QED) is 0.790. The minimum atomic E-state index is -3.88. The van der Waals surface area contributed by atoms with E-state index in [2.05, 4.69) is 10.2 Å². The smallest absolute Gasteiger partial charge is 0.296 e. The molecule has 0 aliphatic carbocycles. The van der Waals surface area contributed by atoms with Crippen LogP contribution in [0.2, 0.25) is 0 Å². The minimum absolute atomic E-state index is 0.177. The number of hydrogen-bond acceptors (Lipinski definition) is 5. The molecule has 2 rings (SSSR count). The van der Waals surface area contributed by atoms with Crippen LogP contribution in [-0.2, 0) is 20.3 Å². The van der Waals surface area contributed by atoms with Gasteiger partial charge in [0.15, 0.2) is 5.82 Å². The van der Waals surface area contributed by atoms with Crippen LogP contribution in [0, 0.1) is 5.92 Å². The molecule has 0 spiro atoms. The van der Waals surface area contributed by atoms with E-state index in [9.17, 15) is 8.42 Å². The molecule has 1 aromatic heterocycles. The van der Waals surface area contributed by atoms with Crippen molar-refractivity contribution in [3.63, 3.8) is 0 Å². The summed E-state index contributed by atoms with van der Waals surface area (Å²) in [7, 11) is 1.49. The number of aromatic nitrogens is 3. The van der Waals surface area contributed by atoms with E-state index in [4.69, 9.17) is 15.4 Å². The minimum Gasteiger partial charge on any atom is -0.370 e. The van der Waals surface area contributed by atoms with E-state index < -0.39 is 9.05 Å². The van der Waals surface area contributed by atoms with Gasteiger partial charge in [-0.15, -0.1) is 10.2 Å². The highest BCUT2D eigenvalue weighted by atomic mass is 35.7. The fraction of sp³-hybridized carbons (Fsp3) is 0.800.